The van der Waals surface area contributed by atoms with Gasteiger partial charge >= 0.3 is 0 Å². The largest absolute Gasteiger partial charge is 0.396 e. The number of aliphatic hydroxyl groups is 1. The molecule has 4 heterocycles. The summed E-state index contributed by atoms with van der Waals surface area (Å²) in [5.74, 6) is 0. The molecule has 4 aromatic heterocycles. The van der Waals surface area contributed by atoms with Crippen molar-refractivity contribution in [2.24, 2.45) is 0 Å². The summed E-state index contributed by atoms with van der Waals surface area (Å²) in [5.41, 5.74) is 4.97. The zero-order valence-corrected chi connectivity index (χ0v) is 26.2. The van der Waals surface area contributed by atoms with Gasteiger partial charge in [0.25, 0.3) is 10.1 Å². The van der Waals surface area contributed by atoms with Gasteiger partial charge in [-0.2, -0.15) is 8.42 Å². The second-order valence-electron chi connectivity index (χ2n) is 9.02. The van der Waals surface area contributed by atoms with Crippen LogP contribution in [0.15, 0.2) is 33.7 Å². The molecule has 0 aromatic carbocycles. The number of thiophene rings is 2. The number of thiazole rings is 2. The summed E-state index contributed by atoms with van der Waals surface area (Å²) < 4.78 is 26.4. The fourth-order valence-corrected chi connectivity index (χ4v) is 7.27. The van der Waals surface area contributed by atoms with Crippen molar-refractivity contribution in [2.45, 2.75) is 65.2 Å². The van der Waals surface area contributed by atoms with E-state index in [2.05, 4.69) is 43.6 Å². The molecule has 0 fully saturated rings. The molecule has 0 aliphatic rings. The van der Waals surface area contributed by atoms with Crippen molar-refractivity contribution >= 4 is 55.5 Å². The normalized spacial score (nSPS) is 11.5. The van der Waals surface area contributed by atoms with Crippen molar-refractivity contribution in [1.29, 1.82) is 0 Å². The van der Waals surface area contributed by atoms with Gasteiger partial charge in [0.15, 0.2) is 0 Å². The van der Waals surface area contributed by atoms with E-state index in [9.17, 15) is 8.42 Å². The van der Waals surface area contributed by atoms with Crippen LogP contribution < -0.4 is 0 Å². The quantitative estimate of drug-likeness (QED) is 0.130. The summed E-state index contributed by atoms with van der Waals surface area (Å²) in [6, 6.07) is 4.46. The Morgan fingerprint density at radius 2 is 1.24 bits per heavy atom. The number of aryl methyl sites for hydroxylation is 8. The van der Waals surface area contributed by atoms with Crippen molar-refractivity contribution in [3.63, 3.8) is 0 Å². The second-order valence-corrected chi connectivity index (χ2v) is 14.8. The van der Waals surface area contributed by atoms with Crippen LogP contribution in [0.5, 0.6) is 0 Å². The highest BCUT2D eigenvalue weighted by Gasteiger charge is 2.06. The van der Waals surface area contributed by atoms with E-state index in [4.69, 9.17) is 9.29 Å². The summed E-state index contributed by atoms with van der Waals surface area (Å²) in [5, 5.41) is 19.7. The molecular weight excluding hydrogens is 577 g/mol. The molecule has 0 saturated carbocycles. The van der Waals surface area contributed by atoms with Gasteiger partial charge < -0.3 is 5.11 Å². The smallest absolute Gasteiger partial charge is 0.264 e. The fourth-order valence-electron chi connectivity index (χ4n) is 3.70. The van der Waals surface area contributed by atoms with Crippen LogP contribution in [0.25, 0.3) is 0 Å². The first-order valence-corrected chi connectivity index (χ1v) is 17.9. The lowest BCUT2D eigenvalue weighted by Gasteiger charge is -1.99. The van der Waals surface area contributed by atoms with Crippen molar-refractivity contribution in [1.82, 2.24) is 9.97 Å². The molecule has 0 aliphatic carbocycles. The molecule has 4 aromatic rings. The standard InChI is InChI=1S/C14H19NO3S3.C13H17NOS2/c1-11-15-13(10-19-11)5-6-14-8-12(9-20-14)4-3-7-18-21(2,16)17;1-10-14-12(9-16-10)4-5-13-7-11(8-17-13)3-2-6-15/h8-10H,3-7H2,1-2H3;7-9,15H,2-6H2,1H3. The minimum atomic E-state index is -3.31. The van der Waals surface area contributed by atoms with Gasteiger partial charge in [-0.1, -0.05) is 0 Å². The molecule has 11 heteroatoms. The van der Waals surface area contributed by atoms with E-state index in [1.54, 1.807) is 34.0 Å². The molecule has 208 valence electrons. The van der Waals surface area contributed by atoms with Gasteiger partial charge in [-0.15, -0.1) is 45.3 Å². The number of aromatic nitrogens is 2. The van der Waals surface area contributed by atoms with Crippen molar-refractivity contribution in [3.8, 4) is 0 Å². The minimum Gasteiger partial charge on any atom is -0.396 e. The van der Waals surface area contributed by atoms with Gasteiger partial charge in [0.2, 0.25) is 0 Å². The van der Waals surface area contributed by atoms with Crippen LogP contribution >= 0.6 is 45.3 Å². The zero-order valence-electron chi connectivity index (χ0n) is 22.1. The van der Waals surface area contributed by atoms with Crippen LogP contribution in [0.3, 0.4) is 0 Å². The van der Waals surface area contributed by atoms with Gasteiger partial charge in [0.05, 0.1) is 34.3 Å². The zero-order chi connectivity index (χ0) is 27.4. The molecule has 0 saturated heterocycles. The van der Waals surface area contributed by atoms with E-state index in [-0.39, 0.29) is 13.2 Å². The molecule has 0 amide bonds. The molecule has 0 bridgehead atoms. The van der Waals surface area contributed by atoms with Crippen molar-refractivity contribution in [2.75, 3.05) is 19.5 Å². The highest BCUT2D eigenvalue weighted by Crippen LogP contribution is 2.20. The van der Waals surface area contributed by atoms with E-state index < -0.39 is 10.1 Å². The average Bonchev–Trinajstić information content (AvgIpc) is 3.67. The number of nitrogens with zero attached hydrogens (tertiary/aromatic N) is 2. The predicted molar refractivity (Wildman–Crippen MR) is 162 cm³/mol. The van der Waals surface area contributed by atoms with Crippen LogP contribution in [0.4, 0.5) is 0 Å². The maximum Gasteiger partial charge on any atom is 0.264 e. The Labute approximate surface area is 242 Å². The molecule has 0 aliphatic heterocycles. The Morgan fingerprint density at radius 3 is 1.66 bits per heavy atom. The third-order valence-corrected chi connectivity index (χ3v) is 9.87. The van der Waals surface area contributed by atoms with Gasteiger partial charge in [-0.05, 0) is 99.2 Å². The number of rotatable bonds is 14. The van der Waals surface area contributed by atoms with Crippen molar-refractivity contribution in [3.05, 3.63) is 75.9 Å². The molecule has 38 heavy (non-hydrogen) atoms. The third kappa shape index (κ3) is 12.1. The van der Waals surface area contributed by atoms with Crippen LogP contribution in [-0.2, 0) is 52.8 Å². The molecule has 0 spiro atoms. The monoisotopic (exact) mass is 612 g/mol. The molecule has 0 atom stereocenters. The number of aliphatic hydroxyl groups excluding tert-OH is 1. The SMILES string of the molecule is Cc1nc(CCc2cc(CCCO)cs2)cs1.Cc1nc(CCc2cc(CCCOS(C)(=O)=O)cs2)cs1. The first kappa shape index (κ1) is 31.1. The Kier molecular flexibility index (Phi) is 13.0. The molecule has 1 N–H and O–H groups in total. The van der Waals surface area contributed by atoms with Gasteiger partial charge in [-0.25, -0.2) is 9.97 Å². The van der Waals surface area contributed by atoms with Crippen LogP contribution in [-0.4, -0.2) is 43.0 Å². The van der Waals surface area contributed by atoms with Crippen LogP contribution in [0.1, 0.15) is 55.1 Å². The van der Waals surface area contributed by atoms with Gasteiger partial charge in [0.1, 0.15) is 0 Å². The molecule has 4 rings (SSSR count). The number of hydrogen-bond acceptors (Lipinski definition) is 10. The fraction of sp³-hybridized carbons (Fsp3) is 0.481. The summed E-state index contributed by atoms with van der Waals surface area (Å²) >= 11 is 6.99. The van der Waals surface area contributed by atoms with E-state index in [1.807, 2.05) is 25.2 Å². The number of hydrogen-bond donors (Lipinski definition) is 1. The van der Waals surface area contributed by atoms with Crippen molar-refractivity contribution < 1.29 is 17.7 Å². The molecule has 0 radical (unpaired) electrons. The average molecular weight is 613 g/mol. The first-order valence-electron chi connectivity index (χ1n) is 12.6. The highest BCUT2D eigenvalue weighted by atomic mass is 32.2. The molecular formula is C27H36N2O4S5. The van der Waals surface area contributed by atoms with Gasteiger partial charge in [0, 0.05) is 27.1 Å². The Balaban J connectivity index is 0.000000215. The predicted octanol–water partition coefficient (Wildman–Crippen LogP) is 6.43. The van der Waals surface area contributed by atoms with Gasteiger partial charge in [-0.3, -0.25) is 4.18 Å². The third-order valence-electron chi connectivity index (χ3n) is 5.54. The highest BCUT2D eigenvalue weighted by molar-refractivity contribution is 7.85. The summed E-state index contributed by atoms with van der Waals surface area (Å²) in [7, 11) is -3.31. The van der Waals surface area contributed by atoms with E-state index in [1.165, 1.54) is 26.6 Å². The Bertz CT molecular complexity index is 1340. The lowest BCUT2D eigenvalue weighted by Crippen LogP contribution is -2.04. The van der Waals surface area contributed by atoms with Crippen LogP contribution in [0, 0.1) is 13.8 Å². The van der Waals surface area contributed by atoms with E-state index in [0.717, 1.165) is 66.9 Å². The maximum atomic E-state index is 10.8. The topological polar surface area (TPSA) is 89.4 Å². The van der Waals surface area contributed by atoms with E-state index >= 15 is 0 Å². The Hall–Kier alpha value is -1.47. The lowest BCUT2D eigenvalue weighted by molar-refractivity contribution is 0.288. The van der Waals surface area contributed by atoms with E-state index in [0.29, 0.717) is 6.42 Å². The summed E-state index contributed by atoms with van der Waals surface area (Å²) in [6.07, 6.45) is 8.59. The molecule has 0 unspecified atom stereocenters. The Morgan fingerprint density at radius 1 is 0.737 bits per heavy atom. The lowest BCUT2D eigenvalue weighted by atomic mass is 10.1. The summed E-state index contributed by atoms with van der Waals surface area (Å²) in [6.45, 7) is 4.60. The minimum absolute atomic E-state index is 0.252. The molecule has 6 nitrogen and oxygen atoms in total. The first-order chi connectivity index (χ1) is 18.2. The maximum absolute atomic E-state index is 10.8. The summed E-state index contributed by atoms with van der Waals surface area (Å²) in [4.78, 5) is 11.7. The second kappa shape index (κ2) is 16.0. The van der Waals surface area contributed by atoms with Crippen LogP contribution in [0.2, 0.25) is 0 Å².